The van der Waals surface area contributed by atoms with Crippen LogP contribution in [0.4, 0.5) is 4.39 Å². The molecule has 0 spiro atoms. The molecular weight excluding hydrogens is 270 g/mol. The van der Waals surface area contributed by atoms with E-state index in [2.05, 4.69) is 4.98 Å². The zero-order chi connectivity index (χ0) is 15.4. The van der Waals surface area contributed by atoms with E-state index >= 15 is 0 Å². The number of nitriles is 1. The molecule has 1 aliphatic heterocycles. The summed E-state index contributed by atoms with van der Waals surface area (Å²) in [6.45, 7) is 7.78. The first-order valence-electron chi connectivity index (χ1n) is 6.81. The van der Waals surface area contributed by atoms with Gasteiger partial charge in [-0.15, -0.1) is 0 Å². The predicted molar refractivity (Wildman–Crippen MR) is 78.7 cm³/mol. The highest BCUT2D eigenvalue weighted by Crippen LogP contribution is 2.37. The summed E-state index contributed by atoms with van der Waals surface area (Å²) in [5.41, 5.74) is 0.557. The lowest BCUT2D eigenvalue weighted by Gasteiger charge is -2.32. The van der Waals surface area contributed by atoms with Crippen molar-refractivity contribution in [3.05, 3.63) is 29.7 Å². The van der Waals surface area contributed by atoms with E-state index in [1.165, 1.54) is 12.1 Å². The molecule has 0 saturated carbocycles. The van der Waals surface area contributed by atoms with Gasteiger partial charge in [0, 0.05) is 10.9 Å². The Morgan fingerprint density at radius 3 is 2.33 bits per heavy atom. The lowest BCUT2D eigenvalue weighted by molar-refractivity contribution is 0.00578. The van der Waals surface area contributed by atoms with Crippen LogP contribution in [-0.4, -0.2) is 23.3 Å². The number of nitrogens with zero attached hydrogens (tertiary/aromatic N) is 1. The van der Waals surface area contributed by atoms with E-state index in [-0.39, 0.29) is 0 Å². The molecule has 21 heavy (non-hydrogen) atoms. The van der Waals surface area contributed by atoms with Gasteiger partial charge in [0.15, 0.2) is 0 Å². The minimum absolute atomic E-state index is 0.383. The molecule has 108 valence electrons. The molecule has 0 aliphatic carbocycles. The molecule has 1 saturated heterocycles. The maximum atomic E-state index is 13.8. The molecule has 4 nitrogen and oxygen atoms in total. The van der Waals surface area contributed by atoms with E-state index in [1.807, 2.05) is 33.8 Å². The summed E-state index contributed by atoms with van der Waals surface area (Å²) in [5, 5.41) is 9.73. The molecule has 3 rings (SSSR count). The second kappa shape index (κ2) is 4.33. The average molecular weight is 286 g/mol. The van der Waals surface area contributed by atoms with Gasteiger partial charge in [-0.1, -0.05) is 0 Å². The Morgan fingerprint density at radius 2 is 1.76 bits per heavy atom. The number of halogens is 1. The normalized spacial score (nSPS) is 19.9. The van der Waals surface area contributed by atoms with Gasteiger partial charge in [-0.2, -0.15) is 5.26 Å². The number of benzene rings is 1. The minimum Gasteiger partial charge on any atom is -0.399 e. The van der Waals surface area contributed by atoms with E-state index in [0.717, 1.165) is 5.39 Å². The summed E-state index contributed by atoms with van der Waals surface area (Å²) < 4.78 is 25.8. The first-order valence-corrected chi connectivity index (χ1v) is 6.81. The Kier molecular flexibility index (Phi) is 2.91. The predicted octanol–water partition coefficient (Wildman–Crippen LogP) is 2.48. The lowest BCUT2D eigenvalue weighted by Crippen LogP contribution is -2.41. The first kappa shape index (κ1) is 14.1. The van der Waals surface area contributed by atoms with Crippen LogP contribution in [0, 0.1) is 17.1 Å². The first-order chi connectivity index (χ1) is 9.73. The molecule has 2 heterocycles. The van der Waals surface area contributed by atoms with E-state index in [9.17, 15) is 4.39 Å². The van der Waals surface area contributed by atoms with Crippen molar-refractivity contribution in [3.8, 4) is 6.07 Å². The molecule has 1 aromatic carbocycles. The molecule has 1 fully saturated rings. The molecule has 1 aliphatic rings. The van der Waals surface area contributed by atoms with Gasteiger partial charge in [0.25, 0.3) is 0 Å². The number of nitrogens with one attached hydrogen (secondary N) is 1. The second-order valence-electron chi connectivity index (χ2n) is 6.34. The molecule has 0 unspecified atom stereocenters. The fourth-order valence-corrected chi connectivity index (χ4v) is 2.45. The number of hydrogen-bond donors (Lipinski definition) is 1. The molecule has 1 N–H and O–H groups in total. The third-order valence-electron chi connectivity index (χ3n) is 4.36. The van der Waals surface area contributed by atoms with E-state index in [1.54, 1.807) is 6.07 Å². The highest BCUT2D eigenvalue weighted by molar-refractivity contribution is 6.65. The van der Waals surface area contributed by atoms with Crippen LogP contribution in [-0.2, 0) is 9.31 Å². The maximum absolute atomic E-state index is 13.8. The third-order valence-corrected chi connectivity index (χ3v) is 4.36. The number of rotatable bonds is 1. The van der Waals surface area contributed by atoms with Gasteiger partial charge >= 0.3 is 7.12 Å². The van der Waals surface area contributed by atoms with Gasteiger partial charge in [-0.25, -0.2) is 4.39 Å². The molecule has 0 amide bonds. The Morgan fingerprint density at radius 1 is 1.14 bits per heavy atom. The fraction of sp³-hybridized carbons (Fsp3) is 0.400. The Bertz CT molecular complexity index is 745. The largest absolute Gasteiger partial charge is 0.495 e. The Labute approximate surface area is 123 Å². The second-order valence-corrected chi connectivity index (χ2v) is 6.34. The lowest BCUT2D eigenvalue weighted by atomic mass is 9.77. The van der Waals surface area contributed by atoms with Crippen molar-refractivity contribution in [2.24, 2.45) is 0 Å². The van der Waals surface area contributed by atoms with Gasteiger partial charge in [0.2, 0.25) is 0 Å². The van der Waals surface area contributed by atoms with Gasteiger partial charge in [-0.3, -0.25) is 0 Å². The number of H-pyrrole nitrogens is 1. The summed E-state index contributed by atoms with van der Waals surface area (Å²) in [6, 6.07) is 6.48. The smallest absolute Gasteiger partial charge is 0.399 e. The number of aromatic amines is 1. The van der Waals surface area contributed by atoms with E-state index < -0.39 is 24.1 Å². The minimum atomic E-state index is -0.657. The number of fused-ring (bicyclic) bond motifs is 1. The molecule has 0 bridgehead atoms. The molecule has 1 aromatic heterocycles. The van der Waals surface area contributed by atoms with E-state index in [0.29, 0.717) is 16.7 Å². The SMILES string of the molecule is CC1(C)OB(c2cc(F)cc3[nH]c(C#N)cc23)OC1(C)C. The average Bonchev–Trinajstić information content (AvgIpc) is 2.87. The van der Waals surface area contributed by atoms with Crippen molar-refractivity contribution >= 4 is 23.5 Å². The molecule has 6 heteroatoms. The summed E-state index contributed by atoms with van der Waals surface area (Å²) in [4.78, 5) is 2.88. The zero-order valence-electron chi connectivity index (χ0n) is 12.5. The van der Waals surface area contributed by atoms with Crippen LogP contribution in [0.15, 0.2) is 18.2 Å². The topological polar surface area (TPSA) is 58.0 Å². The fourth-order valence-electron chi connectivity index (χ4n) is 2.45. The summed E-state index contributed by atoms with van der Waals surface area (Å²) >= 11 is 0. The van der Waals surface area contributed by atoms with Crippen molar-refractivity contribution < 1.29 is 13.7 Å². The van der Waals surface area contributed by atoms with E-state index in [4.69, 9.17) is 14.6 Å². The van der Waals surface area contributed by atoms with Crippen LogP contribution in [0.5, 0.6) is 0 Å². The van der Waals surface area contributed by atoms with Crippen molar-refractivity contribution in [1.29, 1.82) is 5.26 Å². The standard InChI is InChI=1S/C15H16BFN2O2/c1-14(2)15(3,4)21-16(20-14)12-5-9(17)6-13-11(12)7-10(8-18)19-13/h5-7,19H,1-4H3. The van der Waals surface area contributed by atoms with Crippen molar-refractivity contribution in [2.45, 2.75) is 38.9 Å². The van der Waals surface area contributed by atoms with Crippen molar-refractivity contribution in [3.63, 3.8) is 0 Å². The highest BCUT2D eigenvalue weighted by Gasteiger charge is 2.52. The number of aromatic nitrogens is 1. The molecule has 2 aromatic rings. The monoisotopic (exact) mass is 286 g/mol. The summed E-state index contributed by atoms with van der Waals surface area (Å²) in [6.07, 6.45) is 0. The molecule has 0 atom stereocenters. The third kappa shape index (κ3) is 2.13. The number of hydrogen-bond acceptors (Lipinski definition) is 3. The summed E-state index contributed by atoms with van der Waals surface area (Å²) in [5.74, 6) is -0.390. The van der Waals surface area contributed by atoms with Crippen LogP contribution in [0.3, 0.4) is 0 Å². The van der Waals surface area contributed by atoms with Crippen LogP contribution < -0.4 is 5.46 Å². The van der Waals surface area contributed by atoms with Crippen molar-refractivity contribution in [2.75, 3.05) is 0 Å². The summed E-state index contributed by atoms with van der Waals surface area (Å²) in [7, 11) is -0.657. The van der Waals surface area contributed by atoms with Crippen LogP contribution >= 0.6 is 0 Å². The van der Waals surface area contributed by atoms with Gasteiger partial charge in [0.05, 0.1) is 11.2 Å². The van der Waals surface area contributed by atoms with Gasteiger partial charge in [-0.05, 0) is 51.4 Å². The molecule has 0 radical (unpaired) electrons. The molecular formula is C15H16BFN2O2. The van der Waals surface area contributed by atoms with Crippen molar-refractivity contribution in [1.82, 2.24) is 4.98 Å². The Hall–Kier alpha value is -1.84. The zero-order valence-corrected chi connectivity index (χ0v) is 12.5. The van der Waals surface area contributed by atoms with Gasteiger partial charge in [0.1, 0.15) is 17.6 Å². The van der Waals surface area contributed by atoms with Crippen LogP contribution in [0.25, 0.3) is 10.9 Å². The van der Waals surface area contributed by atoms with Crippen LogP contribution in [0.1, 0.15) is 33.4 Å². The van der Waals surface area contributed by atoms with Gasteiger partial charge < -0.3 is 14.3 Å². The quantitative estimate of drug-likeness (QED) is 0.819. The highest BCUT2D eigenvalue weighted by atomic mass is 19.1. The van der Waals surface area contributed by atoms with Crippen LogP contribution in [0.2, 0.25) is 0 Å². The Balaban J connectivity index is 2.13. The maximum Gasteiger partial charge on any atom is 0.495 e.